The van der Waals surface area contributed by atoms with Gasteiger partial charge in [0.2, 0.25) is 0 Å². The van der Waals surface area contributed by atoms with Gasteiger partial charge in [0, 0.05) is 20.0 Å². The lowest BCUT2D eigenvalue weighted by atomic mass is 10.00. The van der Waals surface area contributed by atoms with Crippen LogP contribution >= 0.6 is 0 Å². The van der Waals surface area contributed by atoms with Gasteiger partial charge in [0.1, 0.15) is 24.4 Å². The molecule has 0 aromatic heterocycles. The lowest BCUT2D eigenvalue weighted by Gasteiger charge is -2.42. The maximum Gasteiger partial charge on any atom is 0.161 e. The second-order valence-corrected chi connectivity index (χ2v) is 5.51. The molecule has 9 heteroatoms. The van der Waals surface area contributed by atoms with E-state index in [1.807, 2.05) is 0 Å². The molecule has 0 aliphatic carbocycles. The molecule has 2 aliphatic rings. The molecule has 2 heterocycles. The van der Waals surface area contributed by atoms with Crippen LogP contribution in [-0.4, -0.2) is 95.1 Å². The molecule has 2 fully saturated rings. The fourth-order valence-electron chi connectivity index (χ4n) is 2.71. The smallest absolute Gasteiger partial charge is 0.161 e. The van der Waals surface area contributed by atoms with Crippen molar-refractivity contribution in [1.29, 1.82) is 0 Å². The summed E-state index contributed by atoms with van der Waals surface area (Å²) >= 11 is 0. The predicted octanol–water partition coefficient (Wildman–Crippen LogP) is -2.68. The van der Waals surface area contributed by atoms with E-state index in [1.165, 1.54) is 7.11 Å². The molecule has 0 radical (unpaired) electrons. The van der Waals surface area contributed by atoms with Crippen molar-refractivity contribution in [3.8, 4) is 0 Å². The summed E-state index contributed by atoms with van der Waals surface area (Å²) in [5.74, 6) is 0. The molecule has 5 N–H and O–H groups in total. The molecule has 2 aliphatic heterocycles. The van der Waals surface area contributed by atoms with Crippen molar-refractivity contribution in [1.82, 2.24) is 0 Å². The lowest BCUT2D eigenvalue weighted by Crippen LogP contribution is -2.56. The standard InChI is InChI=1S/C13H24O9/c1-19-10-3-7(17)13(9(5-15)21-10)22-11-2-6(16)12(18)8(4-14)20-11/h6-18H,2-5H2,1H3/t6-,7?,8?,9-,10+,11-,12+,13?/m1/s1. The first-order valence-electron chi connectivity index (χ1n) is 7.25. The Bertz CT molecular complexity index is 341. The van der Waals surface area contributed by atoms with Crippen molar-refractivity contribution in [3.05, 3.63) is 0 Å². The zero-order valence-corrected chi connectivity index (χ0v) is 12.3. The van der Waals surface area contributed by atoms with E-state index in [9.17, 15) is 20.4 Å². The molecule has 0 amide bonds. The van der Waals surface area contributed by atoms with Crippen LogP contribution in [0.25, 0.3) is 0 Å². The zero-order chi connectivity index (χ0) is 16.3. The number of methoxy groups -OCH3 is 1. The van der Waals surface area contributed by atoms with Gasteiger partial charge in [0.05, 0.1) is 25.4 Å². The van der Waals surface area contributed by atoms with Crippen molar-refractivity contribution < 1.29 is 44.5 Å². The molecule has 0 aromatic rings. The third kappa shape index (κ3) is 3.94. The van der Waals surface area contributed by atoms with Gasteiger partial charge in [-0.2, -0.15) is 0 Å². The Kier molecular flexibility index (Phi) is 6.50. The maximum atomic E-state index is 10.1. The molecule has 8 atom stereocenters. The average Bonchev–Trinajstić information content (AvgIpc) is 2.52. The fourth-order valence-corrected chi connectivity index (χ4v) is 2.71. The van der Waals surface area contributed by atoms with Gasteiger partial charge < -0.3 is 44.5 Å². The Balaban J connectivity index is 1.99. The van der Waals surface area contributed by atoms with Gasteiger partial charge in [-0.1, -0.05) is 0 Å². The lowest BCUT2D eigenvalue weighted by molar-refractivity contribution is -0.318. The topological polar surface area (TPSA) is 138 Å². The SMILES string of the molecule is CO[C@@H]1CC(O)C(O[C@@H]2C[C@@H](O)[C@H](O)C(CO)O2)[C@@H](CO)O1. The first-order chi connectivity index (χ1) is 10.5. The minimum absolute atomic E-state index is 0.0211. The summed E-state index contributed by atoms with van der Waals surface area (Å²) in [6, 6.07) is 0. The van der Waals surface area contributed by atoms with Gasteiger partial charge in [-0.15, -0.1) is 0 Å². The summed E-state index contributed by atoms with van der Waals surface area (Å²) in [7, 11) is 1.43. The van der Waals surface area contributed by atoms with E-state index in [2.05, 4.69) is 0 Å². The molecular formula is C13H24O9. The van der Waals surface area contributed by atoms with E-state index in [0.29, 0.717) is 0 Å². The van der Waals surface area contributed by atoms with Crippen LogP contribution in [0.5, 0.6) is 0 Å². The number of aliphatic hydroxyl groups is 5. The number of aliphatic hydroxyl groups excluding tert-OH is 5. The van der Waals surface area contributed by atoms with Crippen LogP contribution in [-0.2, 0) is 18.9 Å². The first kappa shape index (κ1) is 18.0. The third-order valence-electron chi connectivity index (χ3n) is 3.97. The highest BCUT2D eigenvalue weighted by Gasteiger charge is 2.43. The summed E-state index contributed by atoms with van der Waals surface area (Å²) in [4.78, 5) is 0. The molecule has 130 valence electrons. The second kappa shape index (κ2) is 7.95. The molecule has 3 unspecified atom stereocenters. The van der Waals surface area contributed by atoms with Gasteiger partial charge in [0.15, 0.2) is 12.6 Å². The van der Waals surface area contributed by atoms with Crippen molar-refractivity contribution >= 4 is 0 Å². The summed E-state index contributed by atoms with van der Waals surface area (Å²) in [6.45, 7) is -0.861. The molecule has 9 nitrogen and oxygen atoms in total. The normalized spacial score (nSPS) is 46.6. The number of rotatable bonds is 5. The molecule has 0 spiro atoms. The van der Waals surface area contributed by atoms with E-state index < -0.39 is 55.8 Å². The van der Waals surface area contributed by atoms with E-state index in [1.54, 1.807) is 0 Å². The van der Waals surface area contributed by atoms with E-state index in [-0.39, 0.29) is 19.4 Å². The van der Waals surface area contributed by atoms with Crippen molar-refractivity contribution in [2.24, 2.45) is 0 Å². The first-order valence-corrected chi connectivity index (χ1v) is 7.25. The Labute approximate surface area is 128 Å². The second-order valence-electron chi connectivity index (χ2n) is 5.51. The highest BCUT2D eigenvalue weighted by atomic mass is 16.7. The Morgan fingerprint density at radius 3 is 2.09 bits per heavy atom. The van der Waals surface area contributed by atoms with Crippen LogP contribution in [0, 0.1) is 0 Å². The van der Waals surface area contributed by atoms with Crippen molar-refractivity contribution in [2.75, 3.05) is 20.3 Å². The summed E-state index contributed by atoms with van der Waals surface area (Å²) in [5, 5.41) is 48.1. The Morgan fingerprint density at radius 2 is 1.50 bits per heavy atom. The summed E-state index contributed by atoms with van der Waals surface area (Å²) in [5.41, 5.74) is 0. The Morgan fingerprint density at radius 1 is 0.909 bits per heavy atom. The minimum atomic E-state index is -1.20. The van der Waals surface area contributed by atoms with Gasteiger partial charge in [-0.3, -0.25) is 0 Å². The fraction of sp³-hybridized carbons (Fsp3) is 1.00. The maximum absolute atomic E-state index is 10.1. The predicted molar refractivity (Wildman–Crippen MR) is 70.6 cm³/mol. The highest BCUT2D eigenvalue weighted by molar-refractivity contribution is 4.87. The van der Waals surface area contributed by atoms with Crippen molar-refractivity contribution in [2.45, 2.75) is 62.0 Å². The largest absolute Gasteiger partial charge is 0.394 e. The molecule has 2 rings (SSSR count). The zero-order valence-electron chi connectivity index (χ0n) is 12.3. The van der Waals surface area contributed by atoms with Crippen LogP contribution in [0.15, 0.2) is 0 Å². The number of hydrogen-bond donors (Lipinski definition) is 5. The summed E-state index contributed by atoms with van der Waals surface area (Å²) in [6.07, 6.45) is -7.36. The van der Waals surface area contributed by atoms with Crippen LogP contribution < -0.4 is 0 Å². The molecule has 0 saturated carbocycles. The van der Waals surface area contributed by atoms with Crippen molar-refractivity contribution in [3.63, 3.8) is 0 Å². The van der Waals surface area contributed by atoms with Gasteiger partial charge >= 0.3 is 0 Å². The van der Waals surface area contributed by atoms with Crippen LogP contribution in [0.2, 0.25) is 0 Å². The number of ether oxygens (including phenoxy) is 4. The van der Waals surface area contributed by atoms with E-state index in [4.69, 9.17) is 24.1 Å². The number of hydrogen-bond acceptors (Lipinski definition) is 9. The monoisotopic (exact) mass is 324 g/mol. The average molecular weight is 324 g/mol. The highest BCUT2D eigenvalue weighted by Crippen LogP contribution is 2.28. The van der Waals surface area contributed by atoms with Crippen LogP contribution in [0.1, 0.15) is 12.8 Å². The molecule has 0 bridgehead atoms. The summed E-state index contributed by atoms with van der Waals surface area (Å²) < 4.78 is 21.4. The van der Waals surface area contributed by atoms with E-state index in [0.717, 1.165) is 0 Å². The minimum Gasteiger partial charge on any atom is -0.394 e. The van der Waals surface area contributed by atoms with Gasteiger partial charge in [-0.25, -0.2) is 0 Å². The van der Waals surface area contributed by atoms with Gasteiger partial charge in [-0.05, 0) is 0 Å². The molecular weight excluding hydrogens is 300 g/mol. The van der Waals surface area contributed by atoms with E-state index >= 15 is 0 Å². The van der Waals surface area contributed by atoms with Gasteiger partial charge in [0.25, 0.3) is 0 Å². The molecule has 22 heavy (non-hydrogen) atoms. The van der Waals surface area contributed by atoms with Crippen LogP contribution in [0.4, 0.5) is 0 Å². The Hall–Kier alpha value is -0.360. The third-order valence-corrected chi connectivity index (χ3v) is 3.97. The molecule has 0 aromatic carbocycles. The molecule has 2 saturated heterocycles. The van der Waals surface area contributed by atoms with Crippen LogP contribution in [0.3, 0.4) is 0 Å². The quantitative estimate of drug-likeness (QED) is 0.366.